The number of carboxylic acid groups (broad SMARTS) is 1. The van der Waals surface area contributed by atoms with Crippen LogP contribution < -0.4 is 10.6 Å². The van der Waals surface area contributed by atoms with Gasteiger partial charge in [-0.15, -0.1) is 0 Å². The summed E-state index contributed by atoms with van der Waals surface area (Å²) in [6.45, 7) is 3.87. The number of amides is 2. The molecule has 2 aromatic rings. The van der Waals surface area contributed by atoms with Gasteiger partial charge < -0.3 is 20.5 Å². The fourth-order valence-electron chi connectivity index (χ4n) is 4.66. The molecule has 0 aromatic heterocycles. The van der Waals surface area contributed by atoms with Crippen LogP contribution in [-0.4, -0.2) is 42.3 Å². The normalized spacial score (nSPS) is 16.3. The molecule has 0 radical (unpaired) electrons. The maximum Gasteiger partial charge on any atom is 0.407 e. The number of ether oxygens (including phenoxy) is 1. The first-order valence-corrected chi connectivity index (χ1v) is 12.0. The van der Waals surface area contributed by atoms with Gasteiger partial charge in [0.1, 0.15) is 12.6 Å². The first kappa shape index (κ1) is 23.8. The summed E-state index contributed by atoms with van der Waals surface area (Å²) in [6, 6.07) is 15.4. The zero-order valence-electron chi connectivity index (χ0n) is 19.6. The lowest BCUT2D eigenvalue weighted by molar-refractivity contribution is -0.142. The topological polar surface area (TPSA) is 105 Å². The second-order valence-electron chi connectivity index (χ2n) is 9.65. The van der Waals surface area contributed by atoms with E-state index >= 15 is 0 Å². The van der Waals surface area contributed by atoms with Crippen LogP contribution in [-0.2, 0) is 14.3 Å². The van der Waals surface area contributed by atoms with E-state index in [1.807, 2.05) is 50.2 Å². The Kier molecular flexibility index (Phi) is 7.20. The monoisotopic (exact) mass is 464 g/mol. The summed E-state index contributed by atoms with van der Waals surface area (Å²) in [6.07, 6.45) is 2.01. The van der Waals surface area contributed by atoms with E-state index < -0.39 is 29.9 Å². The maximum absolute atomic E-state index is 12.8. The number of fused-ring (bicyclic) bond motifs is 3. The van der Waals surface area contributed by atoms with Crippen LogP contribution in [0.3, 0.4) is 0 Å². The van der Waals surface area contributed by atoms with Crippen LogP contribution in [0.15, 0.2) is 48.5 Å². The summed E-state index contributed by atoms with van der Waals surface area (Å²) in [7, 11) is 0. The number of carboxylic acids is 1. The van der Waals surface area contributed by atoms with Crippen LogP contribution >= 0.6 is 0 Å². The lowest BCUT2D eigenvalue weighted by Gasteiger charge is -2.23. The minimum atomic E-state index is -0.905. The van der Waals surface area contributed by atoms with Crippen LogP contribution in [0, 0.1) is 17.8 Å². The molecular formula is C27H32N2O5. The Morgan fingerprint density at radius 1 is 1.00 bits per heavy atom. The molecule has 4 rings (SSSR count). The second kappa shape index (κ2) is 10.3. The van der Waals surface area contributed by atoms with Gasteiger partial charge in [0.15, 0.2) is 0 Å². The predicted molar refractivity (Wildman–Crippen MR) is 128 cm³/mol. The summed E-state index contributed by atoms with van der Waals surface area (Å²) in [5.74, 6) is -1.73. The Hall–Kier alpha value is -3.35. The molecule has 1 saturated carbocycles. The van der Waals surface area contributed by atoms with Gasteiger partial charge in [0.25, 0.3) is 0 Å². The number of hydrogen-bond acceptors (Lipinski definition) is 4. The molecule has 0 saturated heterocycles. The standard InChI is InChI=1S/C27H32N2O5/c1-16(2)24(25(30)28-14-18(26(31)32)13-17-11-12-17)29-27(33)34-15-23-21-9-5-3-7-19(21)20-8-4-6-10-22(20)23/h3-10,16-18,23-24H,11-15H2,1-2H3,(H,28,30)(H,29,33)(H,31,32). The quantitative estimate of drug-likeness (QED) is 0.490. The highest BCUT2D eigenvalue weighted by molar-refractivity contribution is 5.86. The van der Waals surface area contributed by atoms with Crippen LogP contribution in [0.2, 0.25) is 0 Å². The third-order valence-electron chi connectivity index (χ3n) is 6.75. The zero-order chi connectivity index (χ0) is 24.2. The molecule has 34 heavy (non-hydrogen) atoms. The molecule has 7 nitrogen and oxygen atoms in total. The first-order valence-electron chi connectivity index (χ1n) is 12.0. The summed E-state index contributed by atoms with van der Waals surface area (Å²) >= 11 is 0. The molecule has 2 unspecified atom stereocenters. The number of carbonyl (C=O) groups excluding carboxylic acids is 2. The fourth-order valence-corrected chi connectivity index (χ4v) is 4.66. The minimum Gasteiger partial charge on any atom is -0.481 e. The van der Waals surface area contributed by atoms with Gasteiger partial charge in [-0.1, -0.05) is 75.2 Å². The lowest BCUT2D eigenvalue weighted by Crippen LogP contribution is -2.51. The molecule has 2 aliphatic rings. The summed E-state index contributed by atoms with van der Waals surface area (Å²) in [5, 5.41) is 14.8. The van der Waals surface area contributed by atoms with Gasteiger partial charge in [-0.3, -0.25) is 9.59 Å². The molecule has 0 aliphatic heterocycles. The third kappa shape index (κ3) is 5.41. The van der Waals surface area contributed by atoms with E-state index in [0.29, 0.717) is 12.3 Å². The molecular weight excluding hydrogens is 432 g/mol. The van der Waals surface area contributed by atoms with E-state index in [0.717, 1.165) is 35.1 Å². The van der Waals surface area contributed by atoms with Crippen molar-refractivity contribution in [1.82, 2.24) is 10.6 Å². The van der Waals surface area contributed by atoms with Crippen molar-refractivity contribution in [1.29, 1.82) is 0 Å². The van der Waals surface area contributed by atoms with Crippen molar-refractivity contribution in [3.8, 4) is 11.1 Å². The molecule has 2 atom stereocenters. The van der Waals surface area contributed by atoms with E-state index in [1.165, 1.54) is 0 Å². The first-order chi connectivity index (χ1) is 16.3. The summed E-state index contributed by atoms with van der Waals surface area (Å²) in [4.78, 5) is 36.9. The van der Waals surface area contributed by atoms with Crippen LogP contribution in [0.5, 0.6) is 0 Å². The van der Waals surface area contributed by atoms with Gasteiger partial charge in [-0.05, 0) is 40.5 Å². The minimum absolute atomic E-state index is 0.0558. The third-order valence-corrected chi connectivity index (χ3v) is 6.75. The lowest BCUT2D eigenvalue weighted by atomic mass is 9.98. The van der Waals surface area contributed by atoms with Crippen molar-refractivity contribution < 1.29 is 24.2 Å². The average Bonchev–Trinajstić information content (AvgIpc) is 3.59. The SMILES string of the molecule is CC(C)C(NC(=O)OCC1c2ccccc2-c2ccccc21)C(=O)NCC(CC1CC1)C(=O)O. The number of hydrogen-bond donors (Lipinski definition) is 3. The molecule has 1 fully saturated rings. The van der Waals surface area contributed by atoms with E-state index in [4.69, 9.17) is 4.74 Å². The number of nitrogens with one attached hydrogen (secondary N) is 2. The number of benzene rings is 2. The molecule has 0 spiro atoms. The van der Waals surface area contributed by atoms with Crippen molar-refractivity contribution in [2.75, 3.05) is 13.2 Å². The molecule has 2 aliphatic carbocycles. The highest BCUT2D eigenvalue weighted by atomic mass is 16.5. The van der Waals surface area contributed by atoms with Crippen molar-refractivity contribution in [2.24, 2.45) is 17.8 Å². The Morgan fingerprint density at radius 3 is 2.12 bits per heavy atom. The van der Waals surface area contributed by atoms with Crippen LogP contribution in [0.1, 0.15) is 50.2 Å². The Labute approximate surface area is 199 Å². The molecule has 180 valence electrons. The Balaban J connectivity index is 1.34. The van der Waals surface area contributed by atoms with E-state index in [9.17, 15) is 19.5 Å². The van der Waals surface area contributed by atoms with Crippen molar-refractivity contribution in [2.45, 2.75) is 45.1 Å². The maximum atomic E-state index is 12.8. The van der Waals surface area contributed by atoms with Crippen molar-refractivity contribution >= 4 is 18.0 Å². The molecule has 2 amide bonds. The highest BCUT2D eigenvalue weighted by Crippen LogP contribution is 2.44. The van der Waals surface area contributed by atoms with E-state index in [2.05, 4.69) is 22.8 Å². The van der Waals surface area contributed by atoms with Crippen LogP contribution in [0.25, 0.3) is 11.1 Å². The zero-order valence-corrected chi connectivity index (χ0v) is 19.6. The van der Waals surface area contributed by atoms with Gasteiger partial charge in [0, 0.05) is 12.5 Å². The van der Waals surface area contributed by atoms with Crippen molar-refractivity contribution in [3.05, 3.63) is 59.7 Å². The van der Waals surface area contributed by atoms with Gasteiger partial charge in [0.05, 0.1) is 5.92 Å². The molecule has 0 heterocycles. The second-order valence-corrected chi connectivity index (χ2v) is 9.65. The number of alkyl carbamates (subject to hydrolysis) is 1. The highest BCUT2D eigenvalue weighted by Gasteiger charge is 2.32. The van der Waals surface area contributed by atoms with Crippen LogP contribution in [0.4, 0.5) is 4.79 Å². The molecule has 3 N–H and O–H groups in total. The molecule has 0 bridgehead atoms. The number of carbonyl (C=O) groups is 3. The fraction of sp³-hybridized carbons (Fsp3) is 0.444. The van der Waals surface area contributed by atoms with Crippen molar-refractivity contribution in [3.63, 3.8) is 0 Å². The molecule has 7 heteroatoms. The smallest absolute Gasteiger partial charge is 0.407 e. The largest absolute Gasteiger partial charge is 0.481 e. The number of rotatable bonds is 10. The van der Waals surface area contributed by atoms with E-state index in [-0.39, 0.29) is 25.0 Å². The van der Waals surface area contributed by atoms with Gasteiger partial charge in [-0.25, -0.2) is 4.79 Å². The van der Waals surface area contributed by atoms with Gasteiger partial charge in [-0.2, -0.15) is 0 Å². The Morgan fingerprint density at radius 2 is 1.59 bits per heavy atom. The number of aliphatic carboxylic acids is 1. The summed E-state index contributed by atoms with van der Waals surface area (Å²) < 4.78 is 5.57. The van der Waals surface area contributed by atoms with Gasteiger partial charge >= 0.3 is 12.1 Å². The Bertz CT molecular complexity index is 1020. The predicted octanol–water partition coefficient (Wildman–Crippen LogP) is 4.17. The average molecular weight is 465 g/mol. The summed E-state index contributed by atoms with van der Waals surface area (Å²) in [5.41, 5.74) is 4.52. The van der Waals surface area contributed by atoms with E-state index in [1.54, 1.807) is 0 Å². The molecule has 2 aromatic carbocycles. The van der Waals surface area contributed by atoms with Gasteiger partial charge in [0.2, 0.25) is 5.91 Å².